The summed E-state index contributed by atoms with van der Waals surface area (Å²) >= 11 is 0. The Labute approximate surface area is 84.6 Å². The Morgan fingerprint density at radius 2 is 2.36 bits per heavy atom. The molecule has 14 heavy (non-hydrogen) atoms. The molecule has 2 atom stereocenters. The molecule has 1 saturated heterocycles. The van der Waals surface area contributed by atoms with Gasteiger partial charge in [-0.15, -0.1) is 0 Å². The van der Waals surface area contributed by atoms with Crippen LogP contribution in [0.15, 0.2) is 0 Å². The molecular weight excluding hydrogens is 178 g/mol. The first-order valence-corrected chi connectivity index (χ1v) is 5.37. The van der Waals surface area contributed by atoms with Gasteiger partial charge in [0.15, 0.2) is 0 Å². The van der Waals surface area contributed by atoms with Gasteiger partial charge in [0.1, 0.15) is 0 Å². The number of amides is 1. The predicted molar refractivity (Wildman–Crippen MR) is 54.5 cm³/mol. The molecule has 4 heteroatoms. The minimum absolute atomic E-state index is 0.225. The van der Waals surface area contributed by atoms with Crippen molar-refractivity contribution in [2.45, 2.75) is 19.3 Å². The average Bonchev–Trinajstić information content (AvgIpc) is 2.59. The van der Waals surface area contributed by atoms with E-state index in [-0.39, 0.29) is 5.91 Å². The number of likely N-dealkylation sites (tertiary alicyclic amines) is 1. The lowest BCUT2D eigenvalue weighted by Crippen LogP contribution is -2.37. The van der Waals surface area contributed by atoms with Crippen LogP contribution in [0.1, 0.15) is 19.3 Å². The van der Waals surface area contributed by atoms with Gasteiger partial charge in [0.25, 0.3) is 0 Å². The molecule has 0 bridgehead atoms. The van der Waals surface area contributed by atoms with Crippen molar-refractivity contribution in [1.29, 1.82) is 0 Å². The van der Waals surface area contributed by atoms with Crippen LogP contribution < -0.4 is 11.5 Å². The van der Waals surface area contributed by atoms with E-state index in [9.17, 15) is 4.79 Å². The van der Waals surface area contributed by atoms with Crippen LogP contribution in [0.5, 0.6) is 0 Å². The highest BCUT2D eigenvalue weighted by atomic mass is 16.1. The van der Waals surface area contributed by atoms with E-state index in [1.807, 2.05) is 0 Å². The van der Waals surface area contributed by atoms with Crippen molar-refractivity contribution in [1.82, 2.24) is 4.90 Å². The number of nitrogens with zero attached hydrogens (tertiary/aromatic N) is 1. The third-order valence-corrected chi connectivity index (χ3v) is 3.90. The second-order valence-corrected chi connectivity index (χ2v) is 4.79. The lowest BCUT2D eigenvalue weighted by atomic mass is 9.81. The summed E-state index contributed by atoms with van der Waals surface area (Å²) < 4.78 is 0. The molecule has 2 fully saturated rings. The van der Waals surface area contributed by atoms with Crippen LogP contribution in [0, 0.1) is 11.3 Å². The van der Waals surface area contributed by atoms with Gasteiger partial charge in [-0.05, 0) is 30.7 Å². The topological polar surface area (TPSA) is 72.3 Å². The molecule has 0 radical (unpaired) electrons. The summed E-state index contributed by atoms with van der Waals surface area (Å²) in [5.41, 5.74) is 11.4. The lowest BCUT2D eigenvalue weighted by molar-refractivity contribution is -0.119. The molecule has 0 aromatic heterocycles. The molecule has 4 N–H and O–H groups in total. The van der Waals surface area contributed by atoms with Crippen LogP contribution in [-0.4, -0.2) is 37.0 Å². The fourth-order valence-corrected chi connectivity index (χ4v) is 3.20. The lowest BCUT2D eigenvalue weighted by Gasteiger charge is -2.26. The average molecular weight is 197 g/mol. The molecule has 4 nitrogen and oxygen atoms in total. The van der Waals surface area contributed by atoms with Crippen LogP contribution in [0.25, 0.3) is 0 Å². The largest absolute Gasteiger partial charge is 0.369 e. The van der Waals surface area contributed by atoms with E-state index < -0.39 is 0 Å². The quantitative estimate of drug-likeness (QED) is 0.642. The third-order valence-electron chi connectivity index (χ3n) is 3.90. The zero-order valence-electron chi connectivity index (χ0n) is 8.54. The van der Waals surface area contributed by atoms with E-state index in [2.05, 4.69) is 4.90 Å². The number of carbonyl (C=O) groups is 1. The Bertz CT molecular complexity index is 244. The number of carbonyl (C=O) groups excluding carboxylic acids is 1. The first kappa shape index (κ1) is 9.93. The fraction of sp³-hybridized carbons (Fsp3) is 0.900. The summed E-state index contributed by atoms with van der Waals surface area (Å²) in [4.78, 5) is 13.0. The molecule has 1 saturated carbocycles. The van der Waals surface area contributed by atoms with Gasteiger partial charge < -0.3 is 11.5 Å². The van der Waals surface area contributed by atoms with Crippen LogP contribution in [0.2, 0.25) is 0 Å². The van der Waals surface area contributed by atoms with Gasteiger partial charge in [-0.25, -0.2) is 0 Å². The molecule has 0 aromatic carbocycles. The SMILES string of the molecule is NCC12CCCC1CN(CC(N)=O)C2. The molecule has 2 unspecified atom stereocenters. The summed E-state index contributed by atoms with van der Waals surface area (Å²) in [7, 11) is 0. The zero-order chi connectivity index (χ0) is 10.2. The Balaban J connectivity index is 2.01. The van der Waals surface area contributed by atoms with E-state index >= 15 is 0 Å². The Hall–Kier alpha value is -0.610. The maximum atomic E-state index is 10.8. The minimum Gasteiger partial charge on any atom is -0.369 e. The van der Waals surface area contributed by atoms with Crippen molar-refractivity contribution in [2.75, 3.05) is 26.2 Å². The van der Waals surface area contributed by atoms with E-state index in [4.69, 9.17) is 11.5 Å². The van der Waals surface area contributed by atoms with Crippen molar-refractivity contribution in [3.63, 3.8) is 0 Å². The van der Waals surface area contributed by atoms with Crippen LogP contribution in [0.4, 0.5) is 0 Å². The summed E-state index contributed by atoms with van der Waals surface area (Å²) in [6.45, 7) is 3.14. The number of rotatable bonds is 3. The molecular formula is C10H19N3O. The molecule has 2 aliphatic rings. The highest BCUT2D eigenvalue weighted by Crippen LogP contribution is 2.47. The van der Waals surface area contributed by atoms with E-state index in [0.717, 1.165) is 19.6 Å². The number of hydrogen-bond acceptors (Lipinski definition) is 3. The number of primary amides is 1. The van der Waals surface area contributed by atoms with E-state index in [1.54, 1.807) is 0 Å². The van der Waals surface area contributed by atoms with Gasteiger partial charge >= 0.3 is 0 Å². The van der Waals surface area contributed by atoms with Crippen molar-refractivity contribution >= 4 is 5.91 Å². The number of hydrogen-bond donors (Lipinski definition) is 2. The van der Waals surface area contributed by atoms with Crippen LogP contribution >= 0.6 is 0 Å². The minimum atomic E-state index is -0.225. The molecule has 80 valence electrons. The fourth-order valence-electron chi connectivity index (χ4n) is 3.20. The monoisotopic (exact) mass is 197 g/mol. The van der Waals surface area contributed by atoms with Gasteiger partial charge in [-0.1, -0.05) is 6.42 Å². The predicted octanol–water partition coefficient (Wildman–Crippen LogP) is -0.467. The summed E-state index contributed by atoms with van der Waals surface area (Å²) in [5, 5.41) is 0. The number of fused-ring (bicyclic) bond motifs is 1. The molecule has 1 amide bonds. The van der Waals surface area contributed by atoms with Crippen molar-refractivity contribution in [3.8, 4) is 0 Å². The number of nitrogens with two attached hydrogens (primary N) is 2. The summed E-state index contributed by atoms with van der Waals surface area (Å²) in [6, 6.07) is 0. The van der Waals surface area contributed by atoms with Crippen molar-refractivity contribution in [3.05, 3.63) is 0 Å². The first-order chi connectivity index (χ1) is 6.66. The second-order valence-electron chi connectivity index (χ2n) is 4.79. The summed E-state index contributed by atoms with van der Waals surface area (Å²) in [5.74, 6) is 0.476. The highest BCUT2D eigenvalue weighted by Gasteiger charge is 2.48. The van der Waals surface area contributed by atoms with E-state index in [1.165, 1.54) is 19.3 Å². The Morgan fingerprint density at radius 3 is 2.93 bits per heavy atom. The molecule has 0 aromatic rings. The van der Waals surface area contributed by atoms with Crippen LogP contribution in [0.3, 0.4) is 0 Å². The molecule has 1 heterocycles. The second kappa shape index (κ2) is 3.51. The first-order valence-electron chi connectivity index (χ1n) is 5.37. The molecule has 1 aliphatic heterocycles. The third kappa shape index (κ3) is 1.53. The highest BCUT2D eigenvalue weighted by molar-refractivity contribution is 5.76. The van der Waals surface area contributed by atoms with Gasteiger partial charge in [0.2, 0.25) is 5.91 Å². The maximum Gasteiger partial charge on any atom is 0.231 e. The maximum absolute atomic E-state index is 10.8. The van der Waals surface area contributed by atoms with Gasteiger partial charge in [0, 0.05) is 13.1 Å². The Kier molecular flexibility index (Phi) is 2.49. The molecule has 0 spiro atoms. The van der Waals surface area contributed by atoms with Crippen molar-refractivity contribution < 1.29 is 4.79 Å². The smallest absolute Gasteiger partial charge is 0.231 e. The van der Waals surface area contributed by atoms with Crippen LogP contribution in [-0.2, 0) is 4.79 Å². The normalized spacial score (nSPS) is 37.4. The molecule has 2 rings (SSSR count). The zero-order valence-corrected chi connectivity index (χ0v) is 8.54. The van der Waals surface area contributed by atoms with Gasteiger partial charge in [-0.3, -0.25) is 9.69 Å². The van der Waals surface area contributed by atoms with E-state index in [0.29, 0.717) is 17.9 Å². The van der Waals surface area contributed by atoms with Gasteiger partial charge in [-0.2, -0.15) is 0 Å². The standard InChI is InChI=1S/C10H19N3O/c11-6-10-3-1-2-8(10)4-13(7-10)5-9(12)14/h8H,1-7,11H2,(H2,12,14). The van der Waals surface area contributed by atoms with Crippen molar-refractivity contribution in [2.24, 2.45) is 22.8 Å². The van der Waals surface area contributed by atoms with Gasteiger partial charge in [0.05, 0.1) is 6.54 Å². The Morgan fingerprint density at radius 1 is 1.57 bits per heavy atom. The summed E-state index contributed by atoms with van der Waals surface area (Å²) in [6.07, 6.45) is 3.79. The molecule has 1 aliphatic carbocycles.